The number of alkyl halides is 3. The highest BCUT2D eigenvalue weighted by molar-refractivity contribution is 7.99. The molecule has 0 saturated carbocycles. The van der Waals surface area contributed by atoms with E-state index in [-0.39, 0.29) is 6.04 Å². The van der Waals surface area contributed by atoms with Crippen LogP contribution in [0.25, 0.3) is 0 Å². The van der Waals surface area contributed by atoms with E-state index in [2.05, 4.69) is 15.2 Å². The molecule has 0 aliphatic carbocycles. The first-order valence-electron chi connectivity index (χ1n) is 9.49. The lowest BCUT2D eigenvalue weighted by molar-refractivity contribution is -0.137. The lowest BCUT2D eigenvalue weighted by Crippen LogP contribution is -2.41. The quantitative estimate of drug-likeness (QED) is 0.684. The van der Waals surface area contributed by atoms with Gasteiger partial charge in [0.2, 0.25) is 0 Å². The van der Waals surface area contributed by atoms with Crippen LogP contribution in [0.1, 0.15) is 29.7 Å². The molecule has 2 aliphatic heterocycles. The van der Waals surface area contributed by atoms with Gasteiger partial charge in [0.05, 0.1) is 11.3 Å². The van der Waals surface area contributed by atoms with Crippen LogP contribution in [0, 0.1) is 0 Å². The molecular formula is C20H23F3N4S. The fraction of sp³-hybridized carbons (Fsp3) is 0.450. The molecule has 1 aromatic carbocycles. The van der Waals surface area contributed by atoms with Crippen LogP contribution in [-0.4, -0.2) is 42.1 Å². The van der Waals surface area contributed by atoms with E-state index in [0.29, 0.717) is 23.5 Å². The van der Waals surface area contributed by atoms with Crippen LogP contribution in [0.5, 0.6) is 0 Å². The summed E-state index contributed by atoms with van der Waals surface area (Å²) >= 11 is 1.37. The van der Waals surface area contributed by atoms with Crippen LogP contribution >= 0.6 is 11.8 Å². The molecule has 4 nitrogen and oxygen atoms in total. The second-order valence-corrected chi connectivity index (χ2v) is 8.36. The predicted molar refractivity (Wildman–Crippen MR) is 105 cm³/mol. The number of hydrogen-bond acceptors (Lipinski definition) is 5. The summed E-state index contributed by atoms with van der Waals surface area (Å²) in [6.07, 6.45) is -0.300. The number of piperidine rings is 1. The lowest BCUT2D eigenvalue weighted by atomic mass is 10.00. The number of benzene rings is 1. The fourth-order valence-corrected chi connectivity index (χ4v) is 4.97. The summed E-state index contributed by atoms with van der Waals surface area (Å²) in [7, 11) is 0. The molecule has 28 heavy (non-hydrogen) atoms. The van der Waals surface area contributed by atoms with Gasteiger partial charge in [-0.1, -0.05) is 11.8 Å². The Morgan fingerprint density at radius 2 is 2.00 bits per heavy atom. The monoisotopic (exact) mass is 408 g/mol. The molecular weight excluding hydrogens is 385 g/mol. The van der Waals surface area contributed by atoms with Gasteiger partial charge >= 0.3 is 6.18 Å². The topological polar surface area (TPSA) is 54.2 Å². The second kappa shape index (κ2) is 7.93. The van der Waals surface area contributed by atoms with E-state index >= 15 is 0 Å². The van der Waals surface area contributed by atoms with Crippen molar-refractivity contribution in [1.29, 1.82) is 0 Å². The molecule has 3 heterocycles. The fourth-order valence-electron chi connectivity index (χ4n) is 3.85. The van der Waals surface area contributed by atoms with Crippen LogP contribution in [0.4, 0.5) is 18.9 Å². The Hall–Kier alpha value is -1.77. The highest BCUT2D eigenvalue weighted by Gasteiger charge is 2.34. The van der Waals surface area contributed by atoms with Gasteiger partial charge in [-0.2, -0.15) is 13.2 Å². The number of likely N-dealkylation sites (tertiary alicyclic amines) is 1. The summed E-state index contributed by atoms with van der Waals surface area (Å²) in [5.74, 6) is 0. The predicted octanol–water partition coefficient (Wildman–Crippen LogP) is 3.99. The lowest BCUT2D eigenvalue weighted by Gasteiger charge is -2.33. The Labute approximate surface area is 166 Å². The van der Waals surface area contributed by atoms with E-state index in [9.17, 15) is 13.2 Å². The average molecular weight is 408 g/mol. The van der Waals surface area contributed by atoms with Crippen molar-refractivity contribution in [3.8, 4) is 0 Å². The van der Waals surface area contributed by atoms with Crippen molar-refractivity contribution in [2.24, 2.45) is 5.73 Å². The number of nitrogens with two attached hydrogens (primary N) is 1. The Balaban J connectivity index is 1.61. The van der Waals surface area contributed by atoms with Crippen LogP contribution in [0.3, 0.4) is 0 Å². The molecule has 1 aromatic heterocycles. The van der Waals surface area contributed by atoms with Gasteiger partial charge in [-0.25, -0.2) is 0 Å². The van der Waals surface area contributed by atoms with Gasteiger partial charge in [-0.3, -0.25) is 4.98 Å². The molecule has 0 atom stereocenters. The zero-order valence-corrected chi connectivity index (χ0v) is 16.2. The van der Waals surface area contributed by atoms with E-state index in [1.165, 1.54) is 23.9 Å². The Morgan fingerprint density at radius 3 is 2.71 bits per heavy atom. The van der Waals surface area contributed by atoms with Crippen molar-refractivity contribution >= 4 is 17.4 Å². The van der Waals surface area contributed by atoms with Crippen LogP contribution < -0.4 is 11.1 Å². The maximum atomic E-state index is 13.5. The van der Waals surface area contributed by atoms with Gasteiger partial charge in [-0.15, -0.1) is 0 Å². The normalized spacial score (nSPS) is 17.9. The summed E-state index contributed by atoms with van der Waals surface area (Å²) < 4.78 is 40.4. The smallest absolute Gasteiger partial charge is 0.382 e. The maximum Gasteiger partial charge on any atom is 0.416 e. The Bertz CT molecular complexity index is 848. The van der Waals surface area contributed by atoms with Crippen molar-refractivity contribution in [3.63, 3.8) is 0 Å². The molecule has 0 spiro atoms. The zero-order valence-electron chi connectivity index (χ0n) is 15.4. The first-order valence-corrected chi connectivity index (χ1v) is 10.3. The number of pyridine rings is 1. The molecule has 8 heteroatoms. The van der Waals surface area contributed by atoms with E-state index in [4.69, 9.17) is 5.73 Å². The van der Waals surface area contributed by atoms with Gasteiger partial charge in [0.15, 0.2) is 0 Å². The van der Waals surface area contributed by atoms with Crippen molar-refractivity contribution in [2.45, 2.75) is 41.3 Å². The number of nitrogens with zero attached hydrogens (tertiary/aromatic N) is 2. The molecule has 0 amide bonds. The molecule has 1 fully saturated rings. The average Bonchev–Trinajstić information content (AvgIpc) is 2.67. The minimum Gasteiger partial charge on any atom is -0.382 e. The standard InChI is InChI=1S/C20H23F3N4S/c21-20(22,23)13-10-16(26-14-3-7-27(8-4-14)9-5-24)15-12-17-18(2-1-6-25-17)28-19(15)11-13/h1-2,6,10-11,14,26H,3-5,7-9,12,24H2. The number of hydrogen-bond donors (Lipinski definition) is 2. The molecule has 0 unspecified atom stereocenters. The number of halogens is 3. The van der Waals surface area contributed by atoms with E-state index < -0.39 is 11.7 Å². The van der Waals surface area contributed by atoms with Crippen molar-refractivity contribution in [1.82, 2.24) is 9.88 Å². The molecule has 150 valence electrons. The van der Waals surface area contributed by atoms with Crippen LogP contribution in [0.2, 0.25) is 0 Å². The summed E-state index contributed by atoms with van der Waals surface area (Å²) in [5, 5.41) is 3.42. The van der Waals surface area contributed by atoms with Gasteiger partial charge in [0, 0.05) is 60.3 Å². The third-order valence-electron chi connectivity index (χ3n) is 5.34. The summed E-state index contributed by atoms with van der Waals surface area (Å²) in [5.41, 5.74) is 7.43. The molecule has 3 N–H and O–H groups in total. The van der Waals surface area contributed by atoms with Crippen molar-refractivity contribution in [2.75, 3.05) is 31.5 Å². The third-order valence-corrected chi connectivity index (χ3v) is 6.52. The Kier molecular flexibility index (Phi) is 5.53. The number of aromatic nitrogens is 1. The molecule has 2 aliphatic rings. The van der Waals surface area contributed by atoms with Crippen LogP contribution in [0.15, 0.2) is 40.3 Å². The first kappa shape index (κ1) is 19.5. The number of anilines is 1. The minimum absolute atomic E-state index is 0.164. The van der Waals surface area contributed by atoms with Gasteiger partial charge in [-0.05, 0) is 42.7 Å². The molecule has 1 saturated heterocycles. The van der Waals surface area contributed by atoms with Gasteiger partial charge in [0.25, 0.3) is 0 Å². The first-order chi connectivity index (χ1) is 13.4. The molecule has 0 bridgehead atoms. The maximum absolute atomic E-state index is 13.5. The summed E-state index contributed by atoms with van der Waals surface area (Å²) in [6.45, 7) is 3.32. The summed E-state index contributed by atoms with van der Waals surface area (Å²) in [6, 6.07) is 6.43. The number of nitrogens with one attached hydrogen (secondary N) is 1. The number of fused-ring (bicyclic) bond motifs is 2. The molecule has 4 rings (SSSR count). The van der Waals surface area contributed by atoms with E-state index in [1.54, 1.807) is 6.20 Å². The Morgan fingerprint density at radius 1 is 1.21 bits per heavy atom. The van der Waals surface area contributed by atoms with Crippen LogP contribution in [-0.2, 0) is 12.6 Å². The van der Waals surface area contributed by atoms with Crippen molar-refractivity contribution in [3.05, 3.63) is 47.3 Å². The minimum atomic E-state index is -4.37. The molecule has 0 radical (unpaired) electrons. The zero-order chi connectivity index (χ0) is 19.7. The SMILES string of the molecule is NCCN1CCC(Nc2cc(C(F)(F)F)cc3c2Cc2ncccc2S3)CC1. The highest BCUT2D eigenvalue weighted by atomic mass is 32.2. The highest BCUT2D eigenvalue weighted by Crippen LogP contribution is 2.45. The number of rotatable bonds is 4. The second-order valence-electron chi connectivity index (χ2n) is 7.27. The van der Waals surface area contributed by atoms with E-state index in [1.807, 2.05) is 12.1 Å². The summed E-state index contributed by atoms with van der Waals surface area (Å²) in [4.78, 5) is 8.31. The van der Waals surface area contributed by atoms with Crippen molar-refractivity contribution < 1.29 is 13.2 Å². The third kappa shape index (κ3) is 4.14. The van der Waals surface area contributed by atoms with Gasteiger partial charge in [0.1, 0.15) is 0 Å². The molecule has 2 aromatic rings. The van der Waals surface area contributed by atoms with Gasteiger partial charge < -0.3 is 16.0 Å². The largest absolute Gasteiger partial charge is 0.416 e. The van der Waals surface area contributed by atoms with E-state index in [0.717, 1.165) is 48.6 Å².